The van der Waals surface area contributed by atoms with E-state index in [1.807, 2.05) is 26.0 Å². The fraction of sp³-hybridized carbons (Fsp3) is 0.333. The molecule has 0 atom stereocenters. The standard InChI is InChI=1S/C18H20F2/c1-11(2)13-5-6-18(20)17(10-13)15-7-14(12(3)4)8-16(19)9-15/h5-12H,1-4H3. The van der Waals surface area contributed by atoms with Gasteiger partial charge in [0.15, 0.2) is 0 Å². The highest BCUT2D eigenvalue weighted by molar-refractivity contribution is 5.66. The van der Waals surface area contributed by atoms with Crippen LogP contribution in [0.2, 0.25) is 0 Å². The van der Waals surface area contributed by atoms with Gasteiger partial charge < -0.3 is 0 Å². The maximum Gasteiger partial charge on any atom is 0.131 e. The number of halogens is 2. The van der Waals surface area contributed by atoms with Gasteiger partial charge in [-0.25, -0.2) is 8.78 Å². The van der Waals surface area contributed by atoms with Crippen molar-refractivity contribution < 1.29 is 8.78 Å². The molecule has 0 radical (unpaired) electrons. The minimum Gasteiger partial charge on any atom is -0.207 e. The molecule has 106 valence electrons. The average molecular weight is 274 g/mol. The summed E-state index contributed by atoms with van der Waals surface area (Å²) >= 11 is 0. The van der Waals surface area contributed by atoms with E-state index in [4.69, 9.17) is 0 Å². The van der Waals surface area contributed by atoms with Crippen LogP contribution in [0, 0.1) is 11.6 Å². The summed E-state index contributed by atoms with van der Waals surface area (Å²) in [6.07, 6.45) is 0. The lowest BCUT2D eigenvalue weighted by atomic mass is 9.94. The van der Waals surface area contributed by atoms with Gasteiger partial charge in [-0.2, -0.15) is 0 Å². The molecule has 0 heterocycles. The maximum absolute atomic E-state index is 14.1. The van der Waals surface area contributed by atoms with Crippen LogP contribution in [-0.4, -0.2) is 0 Å². The molecule has 2 aromatic carbocycles. The summed E-state index contributed by atoms with van der Waals surface area (Å²) in [6, 6.07) is 9.85. The fourth-order valence-electron chi connectivity index (χ4n) is 2.22. The van der Waals surface area contributed by atoms with Crippen molar-refractivity contribution in [1.29, 1.82) is 0 Å². The summed E-state index contributed by atoms with van der Waals surface area (Å²) in [4.78, 5) is 0. The number of rotatable bonds is 3. The van der Waals surface area contributed by atoms with Crippen molar-refractivity contribution in [3.8, 4) is 11.1 Å². The van der Waals surface area contributed by atoms with E-state index < -0.39 is 0 Å². The van der Waals surface area contributed by atoms with Crippen molar-refractivity contribution in [2.24, 2.45) is 0 Å². The van der Waals surface area contributed by atoms with Crippen LogP contribution in [0.5, 0.6) is 0 Å². The molecule has 0 nitrogen and oxygen atoms in total. The first-order valence-corrected chi connectivity index (χ1v) is 6.98. The highest BCUT2D eigenvalue weighted by Crippen LogP contribution is 2.30. The van der Waals surface area contributed by atoms with Crippen LogP contribution < -0.4 is 0 Å². The topological polar surface area (TPSA) is 0 Å². The molecule has 0 aliphatic carbocycles. The Kier molecular flexibility index (Phi) is 4.22. The van der Waals surface area contributed by atoms with Crippen LogP contribution in [-0.2, 0) is 0 Å². The Morgan fingerprint density at radius 1 is 0.750 bits per heavy atom. The smallest absolute Gasteiger partial charge is 0.131 e. The van der Waals surface area contributed by atoms with Crippen LogP contribution in [0.3, 0.4) is 0 Å². The monoisotopic (exact) mass is 274 g/mol. The Morgan fingerprint density at radius 3 is 2.00 bits per heavy atom. The molecular formula is C18H20F2. The SMILES string of the molecule is CC(C)c1cc(F)cc(-c2cc(C(C)C)ccc2F)c1. The van der Waals surface area contributed by atoms with Gasteiger partial charge in [0.25, 0.3) is 0 Å². The van der Waals surface area contributed by atoms with Crippen LogP contribution in [0.25, 0.3) is 11.1 Å². The third kappa shape index (κ3) is 3.06. The molecule has 0 aromatic heterocycles. The van der Waals surface area contributed by atoms with Gasteiger partial charge in [-0.05, 0) is 52.8 Å². The van der Waals surface area contributed by atoms with Gasteiger partial charge in [0, 0.05) is 5.56 Å². The number of benzene rings is 2. The molecule has 0 amide bonds. The van der Waals surface area contributed by atoms with E-state index in [1.54, 1.807) is 6.07 Å². The van der Waals surface area contributed by atoms with Gasteiger partial charge >= 0.3 is 0 Å². The number of hydrogen-bond donors (Lipinski definition) is 0. The normalized spacial score (nSPS) is 11.4. The Hall–Kier alpha value is -1.70. The second-order valence-electron chi connectivity index (χ2n) is 5.82. The Bertz CT molecular complexity index is 613. The predicted octanol–water partition coefficient (Wildman–Crippen LogP) is 5.88. The summed E-state index contributed by atoms with van der Waals surface area (Å²) in [5, 5.41) is 0. The van der Waals surface area contributed by atoms with E-state index in [9.17, 15) is 8.78 Å². The number of hydrogen-bond acceptors (Lipinski definition) is 0. The minimum atomic E-state index is -0.319. The predicted molar refractivity (Wildman–Crippen MR) is 80.0 cm³/mol. The largest absolute Gasteiger partial charge is 0.207 e. The molecule has 0 N–H and O–H groups in total. The summed E-state index contributed by atoms with van der Waals surface area (Å²) < 4.78 is 27.8. The van der Waals surface area contributed by atoms with Crippen LogP contribution in [0.15, 0.2) is 36.4 Å². The quantitative estimate of drug-likeness (QED) is 0.655. The first-order valence-electron chi connectivity index (χ1n) is 6.98. The summed E-state index contributed by atoms with van der Waals surface area (Å²) in [6.45, 7) is 8.11. The Balaban J connectivity index is 2.58. The average Bonchev–Trinajstić information content (AvgIpc) is 2.38. The van der Waals surface area contributed by atoms with Crippen LogP contribution in [0.1, 0.15) is 50.7 Å². The van der Waals surface area contributed by atoms with Gasteiger partial charge in [-0.1, -0.05) is 39.8 Å². The Labute approximate surface area is 119 Å². The van der Waals surface area contributed by atoms with Crippen molar-refractivity contribution in [1.82, 2.24) is 0 Å². The molecule has 0 saturated carbocycles. The zero-order valence-electron chi connectivity index (χ0n) is 12.4. The first-order chi connectivity index (χ1) is 9.38. The van der Waals surface area contributed by atoms with Gasteiger partial charge in [0.05, 0.1) is 0 Å². The third-order valence-electron chi connectivity index (χ3n) is 3.55. The van der Waals surface area contributed by atoms with Crippen molar-refractivity contribution in [2.75, 3.05) is 0 Å². The van der Waals surface area contributed by atoms with E-state index in [2.05, 4.69) is 13.8 Å². The third-order valence-corrected chi connectivity index (χ3v) is 3.55. The summed E-state index contributed by atoms with van der Waals surface area (Å²) in [5.41, 5.74) is 3.01. The zero-order chi connectivity index (χ0) is 14.9. The molecule has 0 unspecified atom stereocenters. The van der Waals surface area contributed by atoms with Gasteiger partial charge in [-0.3, -0.25) is 0 Å². The molecule has 0 aliphatic rings. The molecule has 0 fully saturated rings. The second kappa shape index (κ2) is 5.74. The van der Waals surface area contributed by atoms with Crippen molar-refractivity contribution in [2.45, 2.75) is 39.5 Å². The van der Waals surface area contributed by atoms with E-state index in [1.165, 1.54) is 18.2 Å². The highest BCUT2D eigenvalue weighted by atomic mass is 19.1. The molecule has 0 spiro atoms. The highest BCUT2D eigenvalue weighted by Gasteiger charge is 2.11. The molecule has 2 rings (SSSR count). The van der Waals surface area contributed by atoms with Gasteiger partial charge in [-0.15, -0.1) is 0 Å². The molecule has 20 heavy (non-hydrogen) atoms. The molecule has 2 aromatic rings. The van der Waals surface area contributed by atoms with Crippen LogP contribution in [0.4, 0.5) is 8.78 Å². The molecule has 0 saturated heterocycles. The lowest BCUT2D eigenvalue weighted by molar-refractivity contribution is 0.620. The molecular weight excluding hydrogens is 254 g/mol. The van der Waals surface area contributed by atoms with Crippen molar-refractivity contribution in [3.63, 3.8) is 0 Å². The molecule has 2 heteroatoms. The zero-order valence-corrected chi connectivity index (χ0v) is 12.4. The van der Waals surface area contributed by atoms with Crippen LogP contribution >= 0.6 is 0 Å². The summed E-state index contributed by atoms with van der Waals surface area (Å²) in [5.74, 6) is -0.108. The summed E-state index contributed by atoms with van der Waals surface area (Å²) in [7, 11) is 0. The van der Waals surface area contributed by atoms with Crippen molar-refractivity contribution in [3.05, 3.63) is 59.2 Å². The second-order valence-corrected chi connectivity index (χ2v) is 5.82. The Morgan fingerprint density at radius 2 is 1.40 bits per heavy atom. The molecule has 0 bridgehead atoms. The van der Waals surface area contributed by atoms with E-state index in [0.717, 1.165) is 11.1 Å². The van der Waals surface area contributed by atoms with E-state index >= 15 is 0 Å². The maximum atomic E-state index is 14.1. The fourth-order valence-corrected chi connectivity index (χ4v) is 2.22. The van der Waals surface area contributed by atoms with Gasteiger partial charge in [0.2, 0.25) is 0 Å². The van der Waals surface area contributed by atoms with Crippen molar-refractivity contribution >= 4 is 0 Å². The minimum absolute atomic E-state index is 0.209. The van der Waals surface area contributed by atoms with E-state index in [-0.39, 0.29) is 17.6 Å². The lowest BCUT2D eigenvalue weighted by Crippen LogP contribution is -1.95. The van der Waals surface area contributed by atoms with E-state index in [0.29, 0.717) is 17.0 Å². The molecule has 0 aliphatic heterocycles. The first kappa shape index (κ1) is 14.7. The lowest BCUT2D eigenvalue weighted by Gasteiger charge is -2.12. The van der Waals surface area contributed by atoms with Gasteiger partial charge in [0.1, 0.15) is 11.6 Å².